The van der Waals surface area contributed by atoms with Crippen LogP contribution < -0.4 is 0 Å². The molecule has 0 aromatic rings. The Hall–Kier alpha value is -0.790. The Bertz CT molecular complexity index is 370. The van der Waals surface area contributed by atoms with E-state index in [2.05, 4.69) is 13.5 Å². The summed E-state index contributed by atoms with van der Waals surface area (Å²) in [7, 11) is 0. The maximum Gasteiger partial charge on any atom is 0.333 e. The van der Waals surface area contributed by atoms with E-state index in [1.807, 2.05) is 0 Å². The number of ether oxygens (including phenoxy) is 1. The van der Waals surface area contributed by atoms with E-state index in [0.29, 0.717) is 5.57 Å². The molecule has 4 bridgehead atoms. The Morgan fingerprint density at radius 2 is 1.70 bits per heavy atom. The molecule has 0 amide bonds. The number of rotatable bonds is 5. The summed E-state index contributed by atoms with van der Waals surface area (Å²) in [6.45, 7) is 7.55. The summed E-state index contributed by atoms with van der Waals surface area (Å²) in [4.78, 5) is 11.7. The van der Waals surface area contributed by atoms with Crippen LogP contribution in [0.4, 0.5) is 0 Å². The molecule has 1 atom stereocenters. The highest BCUT2D eigenvalue weighted by atomic mass is 16.5. The number of carbonyl (C=O) groups excluding carboxylic acids is 1. The molecular weight excluding hydrogens is 248 g/mol. The molecule has 0 aromatic heterocycles. The van der Waals surface area contributed by atoms with E-state index in [1.54, 1.807) is 6.92 Å². The summed E-state index contributed by atoms with van der Waals surface area (Å²) < 4.78 is 5.63. The van der Waals surface area contributed by atoms with Crippen molar-refractivity contribution in [3.63, 3.8) is 0 Å². The number of hydrogen-bond acceptors (Lipinski definition) is 2. The van der Waals surface area contributed by atoms with Gasteiger partial charge in [0.25, 0.3) is 0 Å². The van der Waals surface area contributed by atoms with Gasteiger partial charge in [0.15, 0.2) is 0 Å². The van der Waals surface area contributed by atoms with Crippen LogP contribution in [0.3, 0.4) is 0 Å². The summed E-state index contributed by atoms with van der Waals surface area (Å²) >= 11 is 0. The van der Waals surface area contributed by atoms with Crippen LogP contribution in [0.25, 0.3) is 0 Å². The zero-order valence-electron chi connectivity index (χ0n) is 12.9. The first-order chi connectivity index (χ1) is 9.56. The predicted octanol–water partition coefficient (Wildman–Crippen LogP) is 4.35. The number of esters is 1. The second kappa shape index (κ2) is 5.54. The molecule has 0 heterocycles. The summed E-state index contributed by atoms with van der Waals surface area (Å²) in [5.74, 6) is 4.48. The molecule has 20 heavy (non-hydrogen) atoms. The second-order valence-corrected chi connectivity index (χ2v) is 7.55. The average Bonchev–Trinajstić information content (AvgIpc) is 2.40. The Balaban J connectivity index is 1.61. The zero-order chi connectivity index (χ0) is 14.3. The van der Waals surface area contributed by atoms with Crippen LogP contribution >= 0.6 is 0 Å². The van der Waals surface area contributed by atoms with Gasteiger partial charge in [0.1, 0.15) is 6.10 Å². The first-order valence-corrected chi connectivity index (χ1v) is 8.43. The third-order valence-electron chi connectivity index (χ3n) is 6.03. The van der Waals surface area contributed by atoms with Crippen molar-refractivity contribution in [2.45, 2.75) is 64.9 Å². The standard InChI is InChI=1S/C18H28O2/c1-4-16(20-18(19)11(2)3)10-17-14-6-12-5-13(8-14)9-15(17)7-12/h12-17H,2,4-10H2,1,3H3. The topological polar surface area (TPSA) is 26.3 Å². The van der Waals surface area contributed by atoms with Crippen molar-refractivity contribution in [1.29, 1.82) is 0 Å². The van der Waals surface area contributed by atoms with E-state index in [-0.39, 0.29) is 12.1 Å². The van der Waals surface area contributed by atoms with Gasteiger partial charge in [-0.3, -0.25) is 0 Å². The Morgan fingerprint density at radius 1 is 1.15 bits per heavy atom. The minimum Gasteiger partial charge on any atom is -0.459 e. The molecule has 0 radical (unpaired) electrons. The summed E-state index contributed by atoms with van der Waals surface area (Å²) in [5, 5.41) is 0. The van der Waals surface area contributed by atoms with Crippen LogP contribution in [0.1, 0.15) is 58.8 Å². The quantitative estimate of drug-likeness (QED) is 0.551. The van der Waals surface area contributed by atoms with Crippen molar-refractivity contribution in [3.8, 4) is 0 Å². The van der Waals surface area contributed by atoms with Gasteiger partial charge in [-0.2, -0.15) is 0 Å². The van der Waals surface area contributed by atoms with Gasteiger partial charge in [-0.25, -0.2) is 4.79 Å². The minimum atomic E-state index is -0.208. The highest BCUT2D eigenvalue weighted by molar-refractivity contribution is 5.87. The largest absolute Gasteiger partial charge is 0.459 e. The molecule has 4 rings (SSSR count). The van der Waals surface area contributed by atoms with Gasteiger partial charge in [0.2, 0.25) is 0 Å². The van der Waals surface area contributed by atoms with Gasteiger partial charge >= 0.3 is 5.97 Å². The molecule has 4 aliphatic rings. The molecule has 112 valence electrons. The lowest BCUT2D eigenvalue weighted by Crippen LogP contribution is -2.46. The lowest BCUT2D eigenvalue weighted by molar-refractivity contribution is -0.147. The second-order valence-electron chi connectivity index (χ2n) is 7.55. The van der Waals surface area contributed by atoms with E-state index in [9.17, 15) is 4.79 Å². The van der Waals surface area contributed by atoms with Gasteiger partial charge in [-0.15, -0.1) is 0 Å². The fourth-order valence-corrected chi connectivity index (χ4v) is 5.28. The monoisotopic (exact) mass is 276 g/mol. The Labute approximate surface area is 123 Å². The van der Waals surface area contributed by atoms with E-state index >= 15 is 0 Å². The van der Waals surface area contributed by atoms with Crippen molar-refractivity contribution < 1.29 is 9.53 Å². The predicted molar refractivity (Wildman–Crippen MR) is 80.1 cm³/mol. The molecule has 0 aromatic carbocycles. The van der Waals surface area contributed by atoms with Gasteiger partial charge in [0.05, 0.1) is 0 Å². The molecule has 2 heteroatoms. The van der Waals surface area contributed by atoms with Gasteiger partial charge in [-0.1, -0.05) is 13.5 Å². The molecule has 0 aliphatic heterocycles. The third-order valence-corrected chi connectivity index (χ3v) is 6.03. The van der Waals surface area contributed by atoms with Crippen molar-refractivity contribution in [1.82, 2.24) is 0 Å². The molecule has 0 N–H and O–H groups in total. The molecule has 4 fully saturated rings. The molecule has 2 nitrogen and oxygen atoms in total. The highest BCUT2D eigenvalue weighted by Crippen LogP contribution is 2.57. The van der Waals surface area contributed by atoms with Gasteiger partial charge < -0.3 is 4.74 Å². The Kier molecular flexibility index (Phi) is 3.92. The number of carbonyl (C=O) groups is 1. The number of hydrogen-bond donors (Lipinski definition) is 0. The van der Waals surface area contributed by atoms with Crippen LogP contribution in [-0.4, -0.2) is 12.1 Å². The van der Waals surface area contributed by atoms with Crippen molar-refractivity contribution in [2.24, 2.45) is 29.6 Å². The summed E-state index contributed by atoms with van der Waals surface area (Å²) in [6, 6.07) is 0. The van der Waals surface area contributed by atoms with Gasteiger partial charge in [-0.05, 0) is 81.5 Å². The fourth-order valence-electron chi connectivity index (χ4n) is 5.28. The normalized spacial score (nSPS) is 39.6. The van der Waals surface area contributed by atoms with Crippen LogP contribution in [-0.2, 0) is 9.53 Å². The zero-order valence-corrected chi connectivity index (χ0v) is 12.9. The third kappa shape index (κ3) is 2.66. The van der Waals surface area contributed by atoms with Crippen LogP contribution in [0.15, 0.2) is 12.2 Å². The molecule has 1 unspecified atom stereocenters. The molecule has 0 saturated heterocycles. The van der Waals surface area contributed by atoms with E-state index in [0.717, 1.165) is 42.4 Å². The SMILES string of the molecule is C=C(C)C(=O)OC(CC)CC1C2CC3CC(C2)CC1C3. The van der Waals surface area contributed by atoms with Crippen molar-refractivity contribution in [3.05, 3.63) is 12.2 Å². The first kappa shape index (κ1) is 14.2. The molecular formula is C18H28O2. The van der Waals surface area contributed by atoms with Gasteiger partial charge in [0, 0.05) is 5.57 Å². The summed E-state index contributed by atoms with van der Waals surface area (Å²) in [6.07, 6.45) is 9.41. The Morgan fingerprint density at radius 3 is 2.15 bits per heavy atom. The summed E-state index contributed by atoms with van der Waals surface area (Å²) in [5.41, 5.74) is 0.522. The smallest absolute Gasteiger partial charge is 0.333 e. The molecule has 4 saturated carbocycles. The van der Waals surface area contributed by atoms with E-state index in [1.165, 1.54) is 32.1 Å². The van der Waals surface area contributed by atoms with Crippen LogP contribution in [0, 0.1) is 29.6 Å². The molecule has 0 spiro atoms. The lowest BCUT2D eigenvalue weighted by Gasteiger charge is -2.55. The minimum absolute atomic E-state index is 0.0988. The highest BCUT2D eigenvalue weighted by Gasteiger charge is 2.48. The maximum atomic E-state index is 11.7. The lowest BCUT2D eigenvalue weighted by atomic mass is 9.51. The van der Waals surface area contributed by atoms with E-state index in [4.69, 9.17) is 4.74 Å². The molecule has 4 aliphatic carbocycles. The fraction of sp³-hybridized carbons (Fsp3) is 0.833. The van der Waals surface area contributed by atoms with Crippen LogP contribution in [0.2, 0.25) is 0 Å². The van der Waals surface area contributed by atoms with Crippen LogP contribution in [0.5, 0.6) is 0 Å². The first-order valence-electron chi connectivity index (χ1n) is 8.43. The maximum absolute atomic E-state index is 11.7. The van der Waals surface area contributed by atoms with E-state index < -0.39 is 0 Å². The average molecular weight is 276 g/mol. The van der Waals surface area contributed by atoms with Crippen molar-refractivity contribution in [2.75, 3.05) is 0 Å². The van der Waals surface area contributed by atoms with Crippen molar-refractivity contribution >= 4 is 5.97 Å².